The molecule has 6 nitrogen and oxygen atoms in total. The number of piperazine rings is 1. The minimum Gasteiger partial charge on any atom is -0.368 e. The number of sulfone groups is 1. The molecular formula is C18H20N4O2S. The molecule has 2 saturated heterocycles. The van der Waals surface area contributed by atoms with Crippen LogP contribution in [0.15, 0.2) is 30.3 Å². The molecule has 25 heavy (non-hydrogen) atoms. The van der Waals surface area contributed by atoms with Crippen LogP contribution in [0.3, 0.4) is 0 Å². The van der Waals surface area contributed by atoms with Crippen LogP contribution in [-0.2, 0) is 9.84 Å². The maximum absolute atomic E-state index is 11.7. The van der Waals surface area contributed by atoms with E-state index in [0.29, 0.717) is 17.2 Å². The number of nitrogens with zero attached hydrogens (tertiary/aromatic N) is 4. The van der Waals surface area contributed by atoms with E-state index in [1.807, 2.05) is 30.3 Å². The minimum absolute atomic E-state index is 0.163. The second kappa shape index (κ2) is 6.28. The standard InChI is InChI=1S/C18H20N4O2S/c19-12-14-11-18(16-3-1-2-4-17(16)20-14)22-8-6-21(7-9-22)15-5-10-25(23,24)13-15/h1-4,11,15H,5-10,13H2. The number of para-hydroxylation sites is 1. The second-order valence-electron chi connectivity index (χ2n) is 6.74. The van der Waals surface area contributed by atoms with Gasteiger partial charge in [0.15, 0.2) is 9.84 Å². The van der Waals surface area contributed by atoms with Crippen molar-refractivity contribution in [2.24, 2.45) is 0 Å². The van der Waals surface area contributed by atoms with Crippen LogP contribution in [0.2, 0.25) is 0 Å². The van der Waals surface area contributed by atoms with Gasteiger partial charge in [0, 0.05) is 43.3 Å². The highest BCUT2D eigenvalue weighted by molar-refractivity contribution is 7.91. The smallest absolute Gasteiger partial charge is 0.151 e. The van der Waals surface area contributed by atoms with Gasteiger partial charge in [-0.1, -0.05) is 18.2 Å². The number of pyridine rings is 1. The molecular weight excluding hydrogens is 336 g/mol. The molecule has 2 aliphatic rings. The lowest BCUT2D eigenvalue weighted by Crippen LogP contribution is -2.50. The Bertz CT molecular complexity index is 943. The van der Waals surface area contributed by atoms with Gasteiger partial charge in [0.1, 0.15) is 11.8 Å². The van der Waals surface area contributed by atoms with Gasteiger partial charge in [0.05, 0.1) is 17.0 Å². The lowest BCUT2D eigenvalue weighted by Gasteiger charge is -2.39. The van der Waals surface area contributed by atoms with E-state index in [0.717, 1.165) is 49.2 Å². The molecule has 7 heteroatoms. The fourth-order valence-electron chi connectivity index (χ4n) is 3.87. The molecule has 1 aromatic heterocycles. The first-order valence-corrected chi connectivity index (χ1v) is 10.4. The van der Waals surface area contributed by atoms with Crippen molar-refractivity contribution in [1.29, 1.82) is 5.26 Å². The van der Waals surface area contributed by atoms with E-state index >= 15 is 0 Å². The molecule has 1 atom stereocenters. The van der Waals surface area contributed by atoms with Crippen LogP contribution in [0.5, 0.6) is 0 Å². The van der Waals surface area contributed by atoms with Gasteiger partial charge in [-0.2, -0.15) is 5.26 Å². The molecule has 1 unspecified atom stereocenters. The normalized spacial score (nSPS) is 23.6. The van der Waals surface area contributed by atoms with Crippen molar-refractivity contribution in [3.8, 4) is 6.07 Å². The number of aromatic nitrogens is 1. The molecule has 0 spiro atoms. The van der Waals surface area contributed by atoms with E-state index in [1.165, 1.54) is 0 Å². The third-order valence-electron chi connectivity index (χ3n) is 5.19. The van der Waals surface area contributed by atoms with E-state index in [9.17, 15) is 13.7 Å². The number of hydrogen-bond acceptors (Lipinski definition) is 6. The Balaban J connectivity index is 1.55. The SMILES string of the molecule is N#Cc1cc(N2CCN(C3CCS(=O)(=O)C3)CC2)c2ccccc2n1. The van der Waals surface area contributed by atoms with Gasteiger partial charge < -0.3 is 4.90 Å². The van der Waals surface area contributed by atoms with E-state index in [4.69, 9.17) is 0 Å². The molecule has 2 aliphatic heterocycles. The number of hydrogen-bond donors (Lipinski definition) is 0. The van der Waals surface area contributed by atoms with Crippen LogP contribution < -0.4 is 4.90 Å². The highest BCUT2D eigenvalue weighted by Crippen LogP contribution is 2.28. The topological polar surface area (TPSA) is 77.3 Å². The Morgan fingerprint density at radius 1 is 1.16 bits per heavy atom. The molecule has 2 fully saturated rings. The van der Waals surface area contributed by atoms with Crippen LogP contribution >= 0.6 is 0 Å². The molecule has 130 valence electrons. The summed E-state index contributed by atoms with van der Waals surface area (Å²) in [4.78, 5) is 8.96. The first kappa shape index (κ1) is 16.3. The molecule has 1 aromatic carbocycles. The van der Waals surface area contributed by atoms with Gasteiger partial charge in [-0.15, -0.1) is 0 Å². The number of benzene rings is 1. The first-order chi connectivity index (χ1) is 12.1. The predicted molar refractivity (Wildman–Crippen MR) is 97.3 cm³/mol. The molecule has 3 heterocycles. The summed E-state index contributed by atoms with van der Waals surface area (Å²) >= 11 is 0. The maximum atomic E-state index is 11.7. The maximum Gasteiger partial charge on any atom is 0.151 e. The summed E-state index contributed by atoms with van der Waals surface area (Å²) in [5, 5.41) is 10.3. The predicted octanol–water partition coefficient (Wildman–Crippen LogP) is 1.42. The number of anilines is 1. The monoisotopic (exact) mass is 356 g/mol. The van der Waals surface area contributed by atoms with Gasteiger partial charge >= 0.3 is 0 Å². The van der Waals surface area contributed by atoms with Crippen molar-refractivity contribution < 1.29 is 8.42 Å². The molecule has 4 rings (SSSR count). The third kappa shape index (κ3) is 3.20. The summed E-state index contributed by atoms with van der Waals surface area (Å²) in [6.07, 6.45) is 0.749. The fourth-order valence-corrected chi connectivity index (χ4v) is 5.63. The zero-order valence-corrected chi connectivity index (χ0v) is 14.7. The van der Waals surface area contributed by atoms with Crippen molar-refractivity contribution in [2.45, 2.75) is 12.5 Å². The second-order valence-corrected chi connectivity index (χ2v) is 8.96. The third-order valence-corrected chi connectivity index (χ3v) is 6.94. The van der Waals surface area contributed by atoms with Crippen molar-refractivity contribution >= 4 is 26.4 Å². The van der Waals surface area contributed by atoms with Crippen LogP contribution in [0.1, 0.15) is 12.1 Å². The summed E-state index contributed by atoms with van der Waals surface area (Å²) in [6, 6.07) is 12.0. The van der Waals surface area contributed by atoms with E-state index in [1.54, 1.807) is 0 Å². The Hall–Kier alpha value is -2.17. The van der Waals surface area contributed by atoms with E-state index in [-0.39, 0.29) is 6.04 Å². The van der Waals surface area contributed by atoms with Gasteiger partial charge in [0.2, 0.25) is 0 Å². The number of fused-ring (bicyclic) bond motifs is 1. The zero-order chi connectivity index (χ0) is 17.4. The summed E-state index contributed by atoms with van der Waals surface area (Å²) in [6.45, 7) is 3.35. The number of nitriles is 1. The van der Waals surface area contributed by atoms with Crippen molar-refractivity contribution in [3.05, 3.63) is 36.0 Å². The highest BCUT2D eigenvalue weighted by atomic mass is 32.2. The van der Waals surface area contributed by atoms with Gasteiger partial charge in [-0.25, -0.2) is 13.4 Å². The van der Waals surface area contributed by atoms with Crippen molar-refractivity contribution in [3.63, 3.8) is 0 Å². The Labute approximate surface area is 147 Å². The Morgan fingerprint density at radius 3 is 2.60 bits per heavy atom. The average Bonchev–Trinajstić information content (AvgIpc) is 3.01. The Morgan fingerprint density at radius 2 is 1.92 bits per heavy atom. The highest BCUT2D eigenvalue weighted by Gasteiger charge is 2.33. The lowest BCUT2D eigenvalue weighted by atomic mass is 10.1. The van der Waals surface area contributed by atoms with Gasteiger partial charge in [-0.3, -0.25) is 4.90 Å². The van der Waals surface area contributed by atoms with Crippen LogP contribution in [-0.4, -0.2) is 62.0 Å². The molecule has 0 N–H and O–H groups in total. The summed E-state index contributed by atoms with van der Waals surface area (Å²) in [5.74, 6) is 0.613. The summed E-state index contributed by atoms with van der Waals surface area (Å²) < 4.78 is 23.4. The lowest BCUT2D eigenvalue weighted by molar-refractivity contribution is 0.200. The number of rotatable bonds is 2. The largest absolute Gasteiger partial charge is 0.368 e. The molecule has 0 bridgehead atoms. The quantitative estimate of drug-likeness (QED) is 0.810. The zero-order valence-electron chi connectivity index (χ0n) is 13.9. The van der Waals surface area contributed by atoms with E-state index in [2.05, 4.69) is 20.9 Å². The summed E-state index contributed by atoms with van der Waals surface area (Å²) in [7, 11) is -2.85. The summed E-state index contributed by atoms with van der Waals surface area (Å²) in [5.41, 5.74) is 2.31. The molecule has 0 amide bonds. The van der Waals surface area contributed by atoms with Crippen LogP contribution in [0, 0.1) is 11.3 Å². The van der Waals surface area contributed by atoms with Crippen LogP contribution in [0.4, 0.5) is 5.69 Å². The minimum atomic E-state index is -2.85. The molecule has 0 aliphatic carbocycles. The molecule has 0 saturated carbocycles. The van der Waals surface area contributed by atoms with Crippen LogP contribution in [0.25, 0.3) is 10.9 Å². The van der Waals surface area contributed by atoms with Crippen molar-refractivity contribution in [1.82, 2.24) is 9.88 Å². The van der Waals surface area contributed by atoms with Crippen molar-refractivity contribution in [2.75, 3.05) is 42.6 Å². The Kier molecular flexibility index (Phi) is 4.10. The van der Waals surface area contributed by atoms with Gasteiger partial charge in [-0.05, 0) is 18.6 Å². The first-order valence-electron chi connectivity index (χ1n) is 8.55. The average molecular weight is 356 g/mol. The van der Waals surface area contributed by atoms with E-state index < -0.39 is 9.84 Å². The van der Waals surface area contributed by atoms with Gasteiger partial charge in [0.25, 0.3) is 0 Å². The molecule has 2 aromatic rings. The fraction of sp³-hybridized carbons (Fsp3) is 0.444. The molecule has 0 radical (unpaired) electrons.